The number of aliphatic imine (C=N–C) groups is 1. The number of nitrogens with zero attached hydrogens (tertiary/aromatic N) is 1. The number of benzene rings is 1. The number of halogens is 1. The van der Waals surface area contributed by atoms with Gasteiger partial charge in [-0.05, 0) is 38.5 Å². The van der Waals surface area contributed by atoms with Crippen LogP contribution in [0.5, 0.6) is 5.75 Å². The van der Waals surface area contributed by atoms with E-state index in [0.717, 1.165) is 12.3 Å². The summed E-state index contributed by atoms with van der Waals surface area (Å²) in [5.74, 6) is 4.11. The quantitative estimate of drug-likeness (QED) is 0.333. The summed E-state index contributed by atoms with van der Waals surface area (Å²) in [6.07, 6.45) is 5.22. The second kappa shape index (κ2) is 11.3. The van der Waals surface area contributed by atoms with E-state index >= 15 is 0 Å². The number of ether oxygens (including phenoxy) is 1. The third-order valence-corrected chi connectivity index (χ3v) is 2.54. The van der Waals surface area contributed by atoms with Gasteiger partial charge in [-0.3, -0.25) is 0 Å². The predicted octanol–water partition coefficient (Wildman–Crippen LogP) is 2.57. The van der Waals surface area contributed by atoms with Gasteiger partial charge in [0.2, 0.25) is 0 Å². The van der Waals surface area contributed by atoms with E-state index in [1.165, 1.54) is 5.56 Å². The molecule has 116 valence electrons. The molecule has 0 aliphatic carbocycles. The van der Waals surface area contributed by atoms with Gasteiger partial charge < -0.3 is 15.4 Å². The fourth-order valence-corrected chi connectivity index (χ4v) is 1.65. The highest BCUT2D eigenvalue weighted by molar-refractivity contribution is 14.0. The van der Waals surface area contributed by atoms with Crippen molar-refractivity contribution in [2.75, 3.05) is 19.6 Å². The Labute approximate surface area is 144 Å². The minimum absolute atomic E-state index is 0. The summed E-state index contributed by atoms with van der Waals surface area (Å²) in [6.45, 7) is 7.87. The third kappa shape index (κ3) is 8.45. The van der Waals surface area contributed by atoms with Gasteiger partial charge in [-0.15, -0.1) is 30.4 Å². The third-order valence-electron chi connectivity index (χ3n) is 2.54. The molecule has 0 aliphatic rings. The van der Waals surface area contributed by atoms with Crippen molar-refractivity contribution in [1.82, 2.24) is 10.6 Å². The average molecular weight is 401 g/mol. The molecule has 1 aromatic carbocycles. The Morgan fingerprint density at radius 2 is 2.19 bits per heavy atom. The molecule has 1 unspecified atom stereocenters. The minimum atomic E-state index is -0.00177. The molecule has 2 N–H and O–H groups in total. The lowest BCUT2D eigenvalue weighted by Crippen LogP contribution is -2.38. The van der Waals surface area contributed by atoms with E-state index in [0.29, 0.717) is 19.0 Å². The van der Waals surface area contributed by atoms with Crippen LogP contribution in [0, 0.1) is 19.3 Å². The molecule has 4 nitrogen and oxygen atoms in total. The molecular formula is C16H24IN3O. The molecule has 0 aliphatic heterocycles. The molecule has 0 aromatic heterocycles. The maximum atomic E-state index is 5.83. The van der Waals surface area contributed by atoms with Crippen molar-refractivity contribution >= 4 is 29.9 Å². The van der Waals surface area contributed by atoms with Crippen molar-refractivity contribution in [3.05, 3.63) is 29.8 Å². The largest absolute Gasteiger partial charge is 0.489 e. The molecule has 0 saturated heterocycles. The van der Waals surface area contributed by atoms with Crippen LogP contribution in [0.1, 0.15) is 19.4 Å². The lowest BCUT2D eigenvalue weighted by Gasteiger charge is -2.14. The lowest BCUT2D eigenvalue weighted by molar-refractivity contribution is 0.230. The second-order valence-electron chi connectivity index (χ2n) is 4.52. The van der Waals surface area contributed by atoms with Crippen LogP contribution in [0.15, 0.2) is 29.3 Å². The van der Waals surface area contributed by atoms with Crippen LogP contribution in [0.3, 0.4) is 0 Å². The monoisotopic (exact) mass is 401 g/mol. The SMILES string of the molecule is C#CCNC(=NCC(C)Oc1cccc(C)c1)NCC.I. The smallest absolute Gasteiger partial charge is 0.192 e. The van der Waals surface area contributed by atoms with Gasteiger partial charge in [-0.25, -0.2) is 4.99 Å². The number of guanidine groups is 1. The van der Waals surface area contributed by atoms with Crippen molar-refractivity contribution in [3.63, 3.8) is 0 Å². The van der Waals surface area contributed by atoms with Crippen molar-refractivity contribution in [3.8, 4) is 18.1 Å². The van der Waals surface area contributed by atoms with Gasteiger partial charge in [-0.2, -0.15) is 0 Å². The van der Waals surface area contributed by atoms with Crippen molar-refractivity contribution in [2.45, 2.75) is 26.9 Å². The number of rotatable bonds is 6. The van der Waals surface area contributed by atoms with E-state index in [2.05, 4.69) is 21.5 Å². The van der Waals surface area contributed by atoms with Crippen LogP contribution in [0.2, 0.25) is 0 Å². The van der Waals surface area contributed by atoms with Crippen molar-refractivity contribution in [2.24, 2.45) is 4.99 Å². The van der Waals surface area contributed by atoms with Crippen molar-refractivity contribution < 1.29 is 4.74 Å². The summed E-state index contributed by atoms with van der Waals surface area (Å²) in [5, 5.41) is 6.18. The van der Waals surface area contributed by atoms with E-state index in [-0.39, 0.29) is 30.1 Å². The first-order valence-electron chi connectivity index (χ1n) is 6.84. The molecule has 0 amide bonds. The fourth-order valence-electron chi connectivity index (χ4n) is 1.65. The Bertz CT molecular complexity index is 483. The van der Waals surface area contributed by atoms with E-state index in [9.17, 15) is 0 Å². The van der Waals surface area contributed by atoms with Crippen molar-refractivity contribution in [1.29, 1.82) is 0 Å². The summed E-state index contributed by atoms with van der Waals surface area (Å²) < 4.78 is 5.83. The van der Waals surface area contributed by atoms with Crippen LogP contribution in [0.4, 0.5) is 0 Å². The first-order chi connectivity index (χ1) is 9.65. The Morgan fingerprint density at radius 3 is 2.81 bits per heavy atom. The molecule has 0 bridgehead atoms. The maximum absolute atomic E-state index is 5.83. The zero-order chi connectivity index (χ0) is 14.8. The van der Waals surface area contributed by atoms with E-state index in [1.807, 2.05) is 45.0 Å². The molecule has 1 atom stereocenters. The Morgan fingerprint density at radius 1 is 1.43 bits per heavy atom. The summed E-state index contributed by atoms with van der Waals surface area (Å²) in [7, 11) is 0. The minimum Gasteiger partial charge on any atom is -0.489 e. The number of hydrogen-bond acceptors (Lipinski definition) is 2. The van der Waals surface area contributed by atoms with Gasteiger partial charge in [0.1, 0.15) is 11.9 Å². The summed E-state index contributed by atoms with van der Waals surface area (Å²) in [5.41, 5.74) is 1.18. The van der Waals surface area contributed by atoms with Crippen LogP contribution in [-0.4, -0.2) is 31.7 Å². The highest BCUT2D eigenvalue weighted by Crippen LogP contribution is 2.14. The van der Waals surface area contributed by atoms with Gasteiger partial charge in [0.15, 0.2) is 5.96 Å². The second-order valence-corrected chi connectivity index (χ2v) is 4.52. The Hall–Kier alpha value is -1.42. The van der Waals surface area contributed by atoms with Crippen LogP contribution >= 0.6 is 24.0 Å². The molecule has 0 heterocycles. The number of aryl methyl sites for hydroxylation is 1. The molecule has 0 fully saturated rings. The van der Waals surface area contributed by atoms with E-state index < -0.39 is 0 Å². The molecule has 5 heteroatoms. The van der Waals surface area contributed by atoms with E-state index in [1.54, 1.807) is 0 Å². The number of hydrogen-bond donors (Lipinski definition) is 2. The first-order valence-corrected chi connectivity index (χ1v) is 6.84. The van der Waals surface area contributed by atoms with Gasteiger partial charge >= 0.3 is 0 Å². The summed E-state index contributed by atoms with van der Waals surface area (Å²) in [6, 6.07) is 8.00. The standard InChI is InChI=1S/C16H23N3O.HI/c1-5-10-18-16(17-6-2)19-12-14(4)20-15-9-7-8-13(3)11-15;/h1,7-9,11,14H,6,10,12H2,2-4H3,(H2,17,18,19);1H. The molecular weight excluding hydrogens is 377 g/mol. The summed E-state index contributed by atoms with van der Waals surface area (Å²) >= 11 is 0. The molecule has 21 heavy (non-hydrogen) atoms. The van der Waals surface area contributed by atoms with Gasteiger partial charge in [0.05, 0.1) is 13.1 Å². The molecule has 0 saturated carbocycles. The molecule has 0 radical (unpaired) electrons. The van der Waals surface area contributed by atoms with Crippen LogP contribution in [-0.2, 0) is 0 Å². The predicted molar refractivity (Wildman–Crippen MR) is 99.5 cm³/mol. The Kier molecular flexibility index (Phi) is 10.5. The summed E-state index contributed by atoms with van der Waals surface area (Å²) in [4.78, 5) is 4.44. The first kappa shape index (κ1) is 19.6. The fraction of sp³-hybridized carbons (Fsp3) is 0.438. The van der Waals surface area contributed by atoms with Crippen LogP contribution < -0.4 is 15.4 Å². The zero-order valence-corrected chi connectivity index (χ0v) is 15.2. The topological polar surface area (TPSA) is 45.7 Å². The number of nitrogens with one attached hydrogen (secondary N) is 2. The van der Waals surface area contributed by atoms with Gasteiger partial charge in [0.25, 0.3) is 0 Å². The maximum Gasteiger partial charge on any atom is 0.192 e. The van der Waals surface area contributed by atoms with Crippen LogP contribution in [0.25, 0.3) is 0 Å². The highest BCUT2D eigenvalue weighted by atomic mass is 127. The average Bonchev–Trinajstić information content (AvgIpc) is 2.42. The number of terminal acetylenes is 1. The zero-order valence-electron chi connectivity index (χ0n) is 12.8. The lowest BCUT2D eigenvalue weighted by atomic mass is 10.2. The van der Waals surface area contributed by atoms with E-state index in [4.69, 9.17) is 11.2 Å². The highest BCUT2D eigenvalue weighted by Gasteiger charge is 2.04. The van der Waals surface area contributed by atoms with Gasteiger partial charge in [0, 0.05) is 6.54 Å². The normalized spacial score (nSPS) is 11.8. The molecule has 1 rings (SSSR count). The van der Waals surface area contributed by atoms with Gasteiger partial charge in [-0.1, -0.05) is 18.1 Å². The molecule has 0 spiro atoms. The Balaban J connectivity index is 0.00000400. The molecule has 1 aromatic rings.